The highest BCUT2D eigenvalue weighted by molar-refractivity contribution is 7.89. The molecule has 24 heavy (non-hydrogen) atoms. The van der Waals surface area contributed by atoms with E-state index >= 15 is 0 Å². The quantitative estimate of drug-likeness (QED) is 0.869. The Balaban J connectivity index is 0.00000208. The number of piperidine rings is 1. The van der Waals surface area contributed by atoms with E-state index in [1.54, 1.807) is 23.1 Å². The van der Waals surface area contributed by atoms with Gasteiger partial charge in [-0.1, -0.05) is 18.6 Å². The van der Waals surface area contributed by atoms with Gasteiger partial charge in [0.2, 0.25) is 10.0 Å². The van der Waals surface area contributed by atoms with Crippen molar-refractivity contribution in [1.82, 2.24) is 9.21 Å². The number of hydrogen-bond acceptors (Lipinski definition) is 4. The predicted molar refractivity (Wildman–Crippen MR) is 94.8 cm³/mol. The van der Waals surface area contributed by atoms with Gasteiger partial charge in [-0.25, -0.2) is 8.42 Å². The summed E-state index contributed by atoms with van der Waals surface area (Å²) >= 11 is 0. The molecule has 3 rings (SSSR count). The van der Waals surface area contributed by atoms with Crippen molar-refractivity contribution in [2.75, 3.05) is 26.2 Å². The molecule has 2 heterocycles. The smallest absolute Gasteiger partial charge is 0.255 e. The molecule has 2 fully saturated rings. The Morgan fingerprint density at radius 3 is 2.38 bits per heavy atom. The van der Waals surface area contributed by atoms with E-state index < -0.39 is 10.0 Å². The van der Waals surface area contributed by atoms with E-state index in [4.69, 9.17) is 5.73 Å². The molecule has 1 aromatic carbocycles. The minimum absolute atomic E-state index is 0. The molecular weight excluding hydrogens is 350 g/mol. The van der Waals surface area contributed by atoms with Crippen molar-refractivity contribution < 1.29 is 13.2 Å². The lowest BCUT2D eigenvalue weighted by Gasteiger charge is -2.27. The fourth-order valence-electron chi connectivity index (χ4n) is 3.25. The summed E-state index contributed by atoms with van der Waals surface area (Å²) in [5.74, 6) is -0.242. The maximum atomic E-state index is 12.9. The minimum Gasteiger partial charge on any atom is -0.337 e. The van der Waals surface area contributed by atoms with Crippen molar-refractivity contribution in [2.24, 2.45) is 5.73 Å². The second kappa shape index (κ2) is 7.82. The average Bonchev–Trinajstić information content (AvgIpc) is 3.01. The standard InChI is InChI=1S/C16H23N3O3S.ClH/c17-13-8-11-18(12-13)16(20)14-6-2-3-7-15(14)23(21,22)19-9-4-1-5-10-19;/h2-3,6-7,13H,1,4-5,8-12,17H2;1H/t13-;/m1./s1. The van der Waals surface area contributed by atoms with Crippen LogP contribution in [0.1, 0.15) is 36.0 Å². The molecule has 0 unspecified atom stereocenters. The highest BCUT2D eigenvalue weighted by Gasteiger charge is 2.32. The highest BCUT2D eigenvalue weighted by Crippen LogP contribution is 2.25. The van der Waals surface area contributed by atoms with Gasteiger partial charge < -0.3 is 10.6 Å². The number of carbonyl (C=O) groups excluding carboxylic acids is 1. The molecule has 0 spiro atoms. The van der Waals surface area contributed by atoms with Crippen LogP contribution < -0.4 is 5.73 Å². The van der Waals surface area contributed by atoms with Gasteiger partial charge in [-0.2, -0.15) is 4.31 Å². The lowest BCUT2D eigenvalue weighted by Crippen LogP contribution is -2.37. The summed E-state index contributed by atoms with van der Waals surface area (Å²) < 4.78 is 27.3. The molecule has 2 aliphatic rings. The number of likely N-dealkylation sites (tertiary alicyclic amines) is 1. The van der Waals surface area contributed by atoms with Crippen molar-refractivity contribution in [2.45, 2.75) is 36.6 Å². The summed E-state index contributed by atoms with van der Waals surface area (Å²) in [6.45, 7) is 2.12. The number of nitrogens with zero attached hydrogens (tertiary/aromatic N) is 2. The Kier molecular flexibility index (Phi) is 6.25. The van der Waals surface area contributed by atoms with Gasteiger partial charge in [0.05, 0.1) is 10.5 Å². The topological polar surface area (TPSA) is 83.7 Å². The highest BCUT2D eigenvalue weighted by atomic mass is 35.5. The molecule has 6 nitrogen and oxygen atoms in total. The number of carbonyl (C=O) groups is 1. The number of amides is 1. The Morgan fingerprint density at radius 2 is 1.75 bits per heavy atom. The Bertz CT molecular complexity index is 690. The molecule has 2 saturated heterocycles. The lowest BCUT2D eigenvalue weighted by atomic mass is 10.2. The summed E-state index contributed by atoms with van der Waals surface area (Å²) in [6, 6.07) is 6.49. The van der Waals surface area contributed by atoms with Crippen molar-refractivity contribution in [3.05, 3.63) is 29.8 Å². The van der Waals surface area contributed by atoms with Crippen molar-refractivity contribution in [1.29, 1.82) is 0 Å². The van der Waals surface area contributed by atoms with Gasteiger partial charge in [-0.15, -0.1) is 12.4 Å². The number of halogens is 1. The molecular formula is C16H24ClN3O3S. The van der Waals surface area contributed by atoms with Crippen LogP contribution in [0.3, 0.4) is 0 Å². The van der Waals surface area contributed by atoms with Crippen LogP contribution in [0.2, 0.25) is 0 Å². The lowest BCUT2D eigenvalue weighted by molar-refractivity contribution is 0.0787. The molecule has 0 saturated carbocycles. The maximum absolute atomic E-state index is 12.9. The predicted octanol–water partition coefficient (Wildman–Crippen LogP) is 1.46. The zero-order valence-electron chi connectivity index (χ0n) is 13.6. The second-order valence-corrected chi connectivity index (χ2v) is 8.17. The molecule has 1 atom stereocenters. The third kappa shape index (κ3) is 3.74. The van der Waals surface area contributed by atoms with Crippen LogP contribution in [0.4, 0.5) is 0 Å². The summed E-state index contributed by atoms with van der Waals surface area (Å²) in [5, 5.41) is 0. The number of sulfonamides is 1. The monoisotopic (exact) mass is 373 g/mol. The second-order valence-electron chi connectivity index (χ2n) is 6.26. The van der Waals surface area contributed by atoms with Crippen LogP contribution >= 0.6 is 12.4 Å². The van der Waals surface area contributed by atoms with Gasteiger partial charge in [0.25, 0.3) is 5.91 Å². The van der Waals surface area contributed by atoms with Gasteiger partial charge in [-0.05, 0) is 31.4 Å². The van der Waals surface area contributed by atoms with Gasteiger partial charge in [0, 0.05) is 32.2 Å². The summed E-state index contributed by atoms with van der Waals surface area (Å²) in [5.41, 5.74) is 6.12. The summed E-state index contributed by atoms with van der Waals surface area (Å²) in [7, 11) is -3.63. The number of hydrogen-bond donors (Lipinski definition) is 1. The third-order valence-electron chi connectivity index (χ3n) is 4.56. The van der Waals surface area contributed by atoms with E-state index in [-0.39, 0.29) is 34.8 Å². The van der Waals surface area contributed by atoms with Gasteiger partial charge >= 0.3 is 0 Å². The maximum Gasteiger partial charge on any atom is 0.255 e. The molecule has 0 bridgehead atoms. The Labute approximate surface area is 149 Å². The molecule has 0 aliphatic carbocycles. The van der Waals surface area contributed by atoms with Crippen molar-refractivity contribution >= 4 is 28.3 Å². The van der Waals surface area contributed by atoms with Gasteiger partial charge in [-0.3, -0.25) is 4.79 Å². The molecule has 0 radical (unpaired) electrons. The third-order valence-corrected chi connectivity index (χ3v) is 6.52. The van der Waals surface area contributed by atoms with Crippen molar-refractivity contribution in [3.63, 3.8) is 0 Å². The molecule has 1 aromatic rings. The van der Waals surface area contributed by atoms with E-state index in [0.717, 1.165) is 25.7 Å². The van der Waals surface area contributed by atoms with Crippen LogP contribution in [0.5, 0.6) is 0 Å². The number of benzene rings is 1. The van der Waals surface area contributed by atoms with Crippen LogP contribution in [0.15, 0.2) is 29.2 Å². The fraction of sp³-hybridized carbons (Fsp3) is 0.562. The zero-order chi connectivity index (χ0) is 16.4. The first kappa shape index (κ1) is 19.2. The normalized spacial score (nSPS) is 22.2. The molecule has 134 valence electrons. The first-order valence-electron chi connectivity index (χ1n) is 8.14. The number of nitrogens with two attached hydrogens (primary N) is 1. The largest absolute Gasteiger partial charge is 0.337 e. The minimum atomic E-state index is -3.63. The molecule has 1 amide bonds. The van der Waals surface area contributed by atoms with E-state index in [1.165, 1.54) is 10.4 Å². The van der Waals surface area contributed by atoms with Crippen molar-refractivity contribution in [3.8, 4) is 0 Å². The van der Waals surface area contributed by atoms with Crippen LogP contribution in [-0.4, -0.2) is 55.8 Å². The molecule has 2 aliphatic heterocycles. The van der Waals surface area contributed by atoms with Crippen LogP contribution in [0.25, 0.3) is 0 Å². The summed E-state index contributed by atoms with van der Waals surface area (Å²) in [6.07, 6.45) is 3.55. The SMILES string of the molecule is Cl.N[C@@H]1CCN(C(=O)c2ccccc2S(=O)(=O)N2CCCCC2)C1. The average molecular weight is 374 g/mol. The fourth-order valence-corrected chi connectivity index (χ4v) is 4.96. The molecule has 2 N–H and O–H groups in total. The zero-order valence-corrected chi connectivity index (χ0v) is 15.2. The molecule has 8 heteroatoms. The van der Waals surface area contributed by atoms with Crippen LogP contribution in [-0.2, 0) is 10.0 Å². The number of rotatable bonds is 3. The van der Waals surface area contributed by atoms with Gasteiger partial charge in [0.15, 0.2) is 0 Å². The van der Waals surface area contributed by atoms with E-state index in [0.29, 0.717) is 26.2 Å². The molecule has 0 aromatic heterocycles. The van der Waals surface area contributed by atoms with E-state index in [9.17, 15) is 13.2 Å². The van der Waals surface area contributed by atoms with E-state index in [1.807, 2.05) is 0 Å². The Hall–Kier alpha value is -1.15. The first-order valence-corrected chi connectivity index (χ1v) is 9.58. The van der Waals surface area contributed by atoms with E-state index in [2.05, 4.69) is 0 Å². The van der Waals surface area contributed by atoms with Gasteiger partial charge in [0.1, 0.15) is 0 Å². The summed E-state index contributed by atoms with van der Waals surface area (Å²) in [4.78, 5) is 14.5. The first-order chi connectivity index (χ1) is 11.0. The Morgan fingerprint density at radius 1 is 1.08 bits per heavy atom. The van der Waals surface area contributed by atoms with Crippen LogP contribution in [0, 0.1) is 0 Å².